The van der Waals surface area contributed by atoms with Crippen LogP contribution in [0.5, 0.6) is 5.75 Å². The minimum Gasteiger partial charge on any atom is -0.530 e. The summed E-state index contributed by atoms with van der Waals surface area (Å²) in [6.07, 6.45) is 3.71. The number of ether oxygens (including phenoxy) is 1. The van der Waals surface area contributed by atoms with Crippen molar-refractivity contribution < 1.29 is 14.6 Å². The van der Waals surface area contributed by atoms with E-state index in [0.717, 1.165) is 17.3 Å². The number of benzene rings is 1. The Labute approximate surface area is 121 Å². The summed E-state index contributed by atoms with van der Waals surface area (Å²) in [4.78, 5) is 18.8. The first kappa shape index (κ1) is 12.4. The molecular formula is C15H14N3O3. The Balaban J connectivity index is 1.71. The van der Waals surface area contributed by atoms with E-state index in [1.165, 1.54) is 4.90 Å². The standard InChI is InChI=1S/C15H15N3O3/c19-14(20)17-8-5-15(6-9-17)13-16-7-10-18(13)11-3-1-2-4-12(11)21-15/h1-4,7,10H,5-6,8-9H2,(H,19,20)/q+1/p-1. The van der Waals surface area contributed by atoms with E-state index >= 15 is 0 Å². The number of hydrogen-bond donors (Lipinski definition) is 0. The average molecular weight is 284 g/mol. The van der Waals surface area contributed by atoms with E-state index in [9.17, 15) is 9.90 Å². The minimum atomic E-state index is -1.12. The van der Waals surface area contributed by atoms with Gasteiger partial charge < -0.3 is 19.5 Å². The number of fused-ring (bicyclic) bond motifs is 4. The number of hydrogen-bond acceptors (Lipinski definition) is 5. The first-order valence-corrected chi connectivity index (χ1v) is 6.98. The van der Waals surface area contributed by atoms with Crippen LogP contribution in [0.1, 0.15) is 12.8 Å². The molecule has 1 aromatic carbocycles. The summed E-state index contributed by atoms with van der Waals surface area (Å²) in [5.74, 6) is 1.66. The van der Waals surface area contributed by atoms with E-state index in [1.807, 2.05) is 35.4 Å². The molecule has 1 amide bonds. The normalized spacial score (nSPS) is 22.5. The first-order chi connectivity index (χ1) is 10.2. The number of aliphatic imine (C=N–C) groups is 1. The highest BCUT2D eigenvalue weighted by atomic mass is 16.5. The maximum Gasteiger partial charge on any atom is 0.307 e. The second-order valence-corrected chi connectivity index (χ2v) is 5.44. The van der Waals surface area contributed by atoms with Crippen molar-refractivity contribution in [3.05, 3.63) is 36.7 Å². The predicted molar refractivity (Wildman–Crippen MR) is 74.4 cm³/mol. The Morgan fingerprint density at radius 1 is 1.33 bits per heavy atom. The molecule has 0 aromatic heterocycles. The molecule has 1 saturated heterocycles. The zero-order valence-electron chi connectivity index (χ0n) is 11.4. The molecule has 21 heavy (non-hydrogen) atoms. The summed E-state index contributed by atoms with van der Waals surface area (Å²) in [7, 11) is 0. The van der Waals surface area contributed by atoms with Crippen LogP contribution < -0.4 is 14.7 Å². The average Bonchev–Trinajstić information content (AvgIpc) is 2.99. The van der Waals surface area contributed by atoms with E-state index in [4.69, 9.17) is 4.74 Å². The van der Waals surface area contributed by atoms with Gasteiger partial charge in [-0.3, -0.25) is 0 Å². The summed E-state index contributed by atoms with van der Waals surface area (Å²) in [6, 6.07) is 7.82. The number of rotatable bonds is 0. The number of amides is 1. The molecule has 1 aromatic rings. The molecule has 6 nitrogen and oxygen atoms in total. The van der Waals surface area contributed by atoms with Crippen LogP contribution in [0.2, 0.25) is 0 Å². The van der Waals surface area contributed by atoms with Crippen molar-refractivity contribution in [2.75, 3.05) is 13.1 Å². The number of para-hydroxylation sites is 2. The van der Waals surface area contributed by atoms with Crippen LogP contribution in [-0.2, 0) is 0 Å². The second kappa shape index (κ2) is 4.33. The van der Waals surface area contributed by atoms with Gasteiger partial charge in [-0.1, -0.05) is 12.1 Å². The van der Waals surface area contributed by atoms with Gasteiger partial charge in [0.25, 0.3) is 0 Å². The van der Waals surface area contributed by atoms with Gasteiger partial charge in [-0.15, -0.1) is 0 Å². The number of likely N-dealkylation sites (tertiary alicyclic amines) is 1. The number of carbonyl (C=O) groups is 1. The van der Waals surface area contributed by atoms with Gasteiger partial charge in [0.05, 0.1) is 6.20 Å². The molecule has 4 rings (SSSR count). The van der Waals surface area contributed by atoms with E-state index in [-0.39, 0.29) is 0 Å². The van der Waals surface area contributed by atoms with E-state index < -0.39 is 11.7 Å². The number of carbonyl (C=O) groups excluding carboxylic acids is 1. The van der Waals surface area contributed by atoms with Gasteiger partial charge in [0.2, 0.25) is 11.3 Å². The molecule has 0 atom stereocenters. The van der Waals surface area contributed by atoms with Crippen LogP contribution in [0.15, 0.2) is 41.7 Å². The topological polar surface area (TPSA) is 70.9 Å². The zero-order valence-corrected chi connectivity index (χ0v) is 11.4. The van der Waals surface area contributed by atoms with Crippen molar-refractivity contribution >= 4 is 17.6 Å². The monoisotopic (exact) mass is 284 g/mol. The largest absolute Gasteiger partial charge is 0.530 e. The number of piperidine rings is 1. The fraction of sp³-hybridized carbons (Fsp3) is 0.333. The smallest absolute Gasteiger partial charge is 0.307 e. The minimum absolute atomic E-state index is 0.400. The Hall–Kier alpha value is -2.34. The molecule has 107 valence electrons. The van der Waals surface area contributed by atoms with Gasteiger partial charge in [0.15, 0.2) is 11.9 Å². The summed E-state index contributed by atoms with van der Waals surface area (Å²) < 4.78 is 6.25. The lowest BCUT2D eigenvalue weighted by Gasteiger charge is -2.42. The van der Waals surface area contributed by atoms with Crippen LogP contribution >= 0.6 is 0 Å². The summed E-state index contributed by atoms with van der Waals surface area (Å²) in [5.41, 5.74) is 0.419. The lowest BCUT2D eigenvalue weighted by atomic mass is 9.87. The Bertz CT molecular complexity index is 660. The van der Waals surface area contributed by atoms with Crippen LogP contribution in [-0.4, -0.2) is 35.5 Å². The van der Waals surface area contributed by atoms with Crippen molar-refractivity contribution in [3.8, 4) is 5.75 Å². The van der Waals surface area contributed by atoms with Crippen molar-refractivity contribution in [1.82, 2.24) is 9.80 Å². The number of carboxylic acid groups (broad SMARTS) is 1. The molecule has 3 aliphatic rings. The summed E-state index contributed by atoms with van der Waals surface area (Å²) in [5, 5.41) is 11.0. The summed E-state index contributed by atoms with van der Waals surface area (Å²) in [6.45, 7) is 0.800. The molecule has 0 unspecified atom stereocenters. The molecule has 0 bridgehead atoms. The third-order valence-electron chi connectivity index (χ3n) is 4.31. The van der Waals surface area contributed by atoms with Gasteiger partial charge in [-0.25, -0.2) is 0 Å². The van der Waals surface area contributed by atoms with E-state index in [1.54, 1.807) is 6.20 Å². The third kappa shape index (κ3) is 1.76. The maximum absolute atomic E-state index is 11.0. The Morgan fingerprint density at radius 3 is 2.86 bits per heavy atom. The third-order valence-corrected chi connectivity index (χ3v) is 4.31. The highest BCUT2D eigenvalue weighted by molar-refractivity contribution is 6.02. The predicted octanol–water partition coefficient (Wildman–Crippen LogP) is 0.912. The van der Waals surface area contributed by atoms with Gasteiger partial charge in [0, 0.05) is 32.0 Å². The van der Waals surface area contributed by atoms with Crippen LogP contribution in [0.4, 0.5) is 10.5 Å². The molecule has 0 aliphatic carbocycles. The lowest BCUT2D eigenvalue weighted by Crippen LogP contribution is -2.60. The molecule has 1 radical (unpaired) electrons. The molecule has 0 N–H and O–H groups in total. The molecular weight excluding hydrogens is 270 g/mol. The van der Waals surface area contributed by atoms with Crippen molar-refractivity contribution in [1.29, 1.82) is 0 Å². The van der Waals surface area contributed by atoms with Gasteiger partial charge in [-0.2, -0.15) is 4.99 Å². The lowest BCUT2D eigenvalue weighted by molar-refractivity contribution is -0.267. The van der Waals surface area contributed by atoms with Gasteiger partial charge >= 0.3 is 5.84 Å². The molecule has 6 heteroatoms. The zero-order chi connectivity index (χ0) is 14.4. The molecule has 0 saturated carbocycles. The number of nitrogens with zero attached hydrogens (tertiary/aromatic N) is 3. The Morgan fingerprint density at radius 2 is 2.10 bits per heavy atom. The second-order valence-electron chi connectivity index (χ2n) is 5.44. The van der Waals surface area contributed by atoms with Gasteiger partial charge in [-0.05, 0) is 11.0 Å². The van der Waals surface area contributed by atoms with E-state index in [2.05, 4.69) is 4.99 Å². The molecule has 3 aliphatic heterocycles. The number of amidine groups is 1. The van der Waals surface area contributed by atoms with Crippen LogP contribution in [0.25, 0.3) is 0 Å². The van der Waals surface area contributed by atoms with E-state index in [0.29, 0.717) is 25.9 Å². The van der Waals surface area contributed by atoms with Crippen molar-refractivity contribution in [3.63, 3.8) is 0 Å². The molecule has 3 heterocycles. The van der Waals surface area contributed by atoms with Gasteiger partial charge in [0.1, 0.15) is 6.09 Å². The highest BCUT2D eigenvalue weighted by Gasteiger charge is 2.55. The fourth-order valence-electron chi connectivity index (χ4n) is 3.21. The Kier molecular flexibility index (Phi) is 2.56. The van der Waals surface area contributed by atoms with Crippen LogP contribution in [0.3, 0.4) is 0 Å². The molecule has 1 spiro atoms. The summed E-state index contributed by atoms with van der Waals surface area (Å²) >= 11 is 0. The van der Waals surface area contributed by atoms with Crippen molar-refractivity contribution in [2.45, 2.75) is 18.4 Å². The SMILES string of the molecule is O=C([O-])N1CCC2(CC1)Oc1ccccc1[N+]1C=CN=C12. The highest BCUT2D eigenvalue weighted by Crippen LogP contribution is 2.43. The van der Waals surface area contributed by atoms with Crippen LogP contribution in [0, 0.1) is 0 Å². The first-order valence-electron chi connectivity index (χ1n) is 6.98. The quantitative estimate of drug-likeness (QED) is 0.665. The number of anilines is 1. The maximum atomic E-state index is 11.0. The molecule has 1 fully saturated rings. The van der Waals surface area contributed by atoms with Crippen molar-refractivity contribution in [2.24, 2.45) is 4.99 Å². The fourth-order valence-corrected chi connectivity index (χ4v) is 3.21.